The first kappa shape index (κ1) is 16.4. The first-order chi connectivity index (χ1) is 9.99. The number of aromatic nitrogens is 1. The quantitative estimate of drug-likeness (QED) is 0.905. The van der Waals surface area contributed by atoms with Gasteiger partial charge in [0.25, 0.3) is 0 Å². The summed E-state index contributed by atoms with van der Waals surface area (Å²) in [6.45, 7) is 5.46. The van der Waals surface area contributed by atoms with Crippen LogP contribution in [0, 0.1) is 17.7 Å². The fourth-order valence-corrected chi connectivity index (χ4v) is 3.53. The van der Waals surface area contributed by atoms with Crippen LogP contribution < -0.4 is 5.73 Å². The van der Waals surface area contributed by atoms with Gasteiger partial charge >= 0.3 is 0 Å². The lowest BCUT2D eigenvalue weighted by atomic mass is 9.84. The van der Waals surface area contributed by atoms with Crippen molar-refractivity contribution < 1.29 is 4.39 Å². The highest BCUT2D eigenvalue weighted by atomic mass is 19.1. The highest BCUT2D eigenvalue weighted by Crippen LogP contribution is 2.29. The van der Waals surface area contributed by atoms with Crippen molar-refractivity contribution in [3.05, 3.63) is 29.8 Å². The third-order valence-electron chi connectivity index (χ3n) is 4.91. The van der Waals surface area contributed by atoms with Crippen LogP contribution in [0.1, 0.15) is 51.3 Å². The van der Waals surface area contributed by atoms with Crippen LogP contribution in [0.4, 0.5) is 4.39 Å². The third-order valence-corrected chi connectivity index (χ3v) is 4.91. The maximum Gasteiger partial charge on any atom is 0.141 e. The highest BCUT2D eigenvalue weighted by Gasteiger charge is 2.27. The summed E-state index contributed by atoms with van der Waals surface area (Å²) in [4.78, 5) is 6.57. The normalized spacial score (nSPS) is 25.8. The van der Waals surface area contributed by atoms with E-state index in [-0.39, 0.29) is 11.9 Å². The van der Waals surface area contributed by atoms with E-state index in [1.807, 2.05) is 0 Å². The minimum Gasteiger partial charge on any atom is -0.322 e. The van der Waals surface area contributed by atoms with Crippen LogP contribution in [0.25, 0.3) is 0 Å². The lowest BCUT2D eigenvalue weighted by molar-refractivity contribution is 0.119. The van der Waals surface area contributed by atoms with Gasteiger partial charge in [-0.25, -0.2) is 4.39 Å². The predicted octanol–water partition coefficient (Wildman–Crippen LogP) is 3.37. The van der Waals surface area contributed by atoms with Crippen molar-refractivity contribution in [2.24, 2.45) is 17.6 Å². The van der Waals surface area contributed by atoms with E-state index in [1.54, 1.807) is 6.07 Å². The third kappa shape index (κ3) is 4.24. The van der Waals surface area contributed by atoms with E-state index in [0.29, 0.717) is 12.0 Å². The summed E-state index contributed by atoms with van der Waals surface area (Å²) in [5.74, 6) is 0.741. The molecule has 1 aliphatic carbocycles. The van der Waals surface area contributed by atoms with Crippen LogP contribution >= 0.6 is 0 Å². The van der Waals surface area contributed by atoms with Crippen molar-refractivity contribution in [1.82, 2.24) is 9.88 Å². The lowest BCUT2D eigenvalue weighted by Gasteiger charge is -2.38. The molecule has 4 heteroatoms. The molecular weight excluding hydrogens is 265 g/mol. The van der Waals surface area contributed by atoms with Gasteiger partial charge < -0.3 is 10.6 Å². The molecule has 1 saturated carbocycles. The predicted molar refractivity (Wildman–Crippen MR) is 84.3 cm³/mol. The van der Waals surface area contributed by atoms with Crippen LogP contribution in [-0.2, 0) is 0 Å². The number of pyridine rings is 1. The second-order valence-electron chi connectivity index (χ2n) is 6.67. The van der Waals surface area contributed by atoms with Crippen LogP contribution in [0.5, 0.6) is 0 Å². The Bertz CT molecular complexity index is 434. The molecule has 0 aromatic carbocycles. The summed E-state index contributed by atoms with van der Waals surface area (Å²) in [5.41, 5.74) is 7.06. The molecular formula is C17H28FN3. The lowest BCUT2D eigenvalue weighted by Crippen LogP contribution is -2.42. The first-order valence-corrected chi connectivity index (χ1v) is 8.06. The highest BCUT2D eigenvalue weighted by molar-refractivity contribution is 5.10. The topological polar surface area (TPSA) is 42.1 Å². The molecule has 4 unspecified atom stereocenters. The van der Waals surface area contributed by atoms with Crippen LogP contribution in [-0.4, -0.2) is 29.5 Å². The Morgan fingerprint density at radius 3 is 2.71 bits per heavy atom. The zero-order valence-electron chi connectivity index (χ0n) is 13.4. The second kappa shape index (κ2) is 7.32. The van der Waals surface area contributed by atoms with Gasteiger partial charge in [-0.1, -0.05) is 26.7 Å². The molecule has 2 rings (SSSR count). The standard InChI is InChI=1S/C17H28FN3/c1-12-6-4-5-7-16(12)21(3)11-13(2)17(19)15-9-8-14(18)10-20-15/h8-10,12-13,16-17H,4-7,11,19H2,1-3H3. The number of hydrogen-bond donors (Lipinski definition) is 1. The van der Waals surface area contributed by atoms with Crippen LogP contribution in [0.2, 0.25) is 0 Å². The molecule has 0 aliphatic heterocycles. The van der Waals surface area contributed by atoms with Crippen molar-refractivity contribution in [3.63, 3.8) is 0 Å². The maximum absolute atomic E-state index is 12.9. The van der Waals surface area contributed by atoms with Gasteiger partial charge in [-0.3, -0.25) is 4.98 Å². The van der Waals surface area contributed by atoms with Gasteiger partial charge in [0.1, 0.15) is 5.82 Å². The molecule has 0 saturated heterocycles. The molecule has 1 aromatic rings. The number of halogens is 1. The molecule has 1 aliphatic rings. The summed E-state index contributed by atoms with van der Waals surface area (Å²) >= 11 is 0. The Labute approximate surface area is 127 Å². The van der Waals surface area contributed by atoms with E-state index in [2.05, 4.69) is 30.8 Å². The van der Waals surface area contributed by atoms with E-state index in [9.17, 15) is 4.39 Å². The second-order valence-corrected chi connectivity index (χ2v) is 6.67. The minimum absolute atomic E-state index is 0.146. The van der Waals surface area contributed by atoms with E-state index in [0.717, 1.165) is 18.2 Å². The molecule has 0 amide bonds. The van der Waals surface area contributed by atoms with Crippen LogP contribution in [0.3, 0.4) is 0 Å². The molecule has 118 valence electrons. The number of hydrogen-bond acceptors (Lipinski definition) is 3. The Kier molecular flexibility index (Phi) is 5.71. The molecule has 1 fully saturated rings. The van der Waals surface area contributed by atoms with Gasteiger partial charge in [-0.2, -0.15) is 0 Å². The molecule has 0 bridgehead atoms. The zero-order valence-corrected chi connectivity index (χ0v) is 13.4. The molecule has 1 heterocycles. The number of nitrogens with two attached hydrogens (primary N) is 1. The van der Waals surface area contributed by atoms with Gasteiger partial charge in [0.2, 0.25) is 0 Å². The van der Waals surface area contributed by atoms with Crippen molar-refractivity contribution in [2.45, 2.75) is 51.6 Å². The molecule has 0 spiro atoms. The van der Waals surface area contributed by atoms with E-state index < -0.39 is 0 Å². The Morgan fingerprint density at radius 2 is 2.10 bits per heavy atom. The SMILES string of the molecule is CC(CN(C)C1CCCCC1C)C(N)c1ccc(F)cn1. The Hall–Kier alpha value is -1.00. The average Bonchev–Trinajstić information content (AvgIpc) is 2.47. The molecule has 2 N–H and O–H groups in total. The fraction of sp³-hybridized carbons (Fsp3) is 0.706. The summed E-state index contributed by atoms with van der Waals surface area (Å²) in [7, 11) is 2.20. The molecule has 1 aromatic heterocycles. The van der Waals surface area contributed by atoms with Crippen molar-refractivity contribution in [2.75, 3.05) is 13.6 Å². The summed E-state index contributed by atoms with van der Waals surface area (Å²) in [6.07, 6.45) is 6.55. The largest absolute Gasteiger partial charge is 0.322 e. The van der Waals surface area contributed by atoms with Gasteiger partial charge in [0.15, 0.2) is 0 Å². The molecule has 3 nitrogen and oxygen atoms in total. The Balaban J connectivity index is 1.93. The van der Waals surface area contributed by atoms with Gasteiger partial charge in [0.05, 0.1) is 17.9 Å². The van der Waals surface area contributed by atoms with Crippen molar-refractivity contribution >= 4 is 0 Å². The van der Waals surface area contributed by atoms with Crippen LogP contribution in [0.15, 0.2) is 18.3 Å². The number of rotatable bonds is 5. The van der Waals surface area contributed by atoms with Gasteiger partial charge in [-0.05, 0) is 43.9 Å². The average molecular weight is 293 g/mol. The maximum atomic E-state index is 12.9. The van der Waals surface area contributed by atoms with E-state index >= 15 is 0 Å². The Morgan fingerprint density at radius 1 is 1.38 bits per heavy atom. The van der Waals surface area contributed by atoms with Crippen molar-refractivity contribution in [1.29, 1.82) is 0 Å². The minimum atomic E-state index is -0.313. The first-order valence-electron chi connectivity index (χ1n) is 8.06. The zero-order chi connectivity index (χ0) is 15.4. The molecule has 0 radical (unpaired) electrons. The van der Waals surface area contributed by atoms with E-state index in [1.165, 1.54) is 37.9 Å². The smallest absolute Gasteiger partial charge is 0.141 e. The summed E-state index contributed by atoms with van der Waals surface area (Å²) < 4.78 is 12.9. The van der Waals surface area contributed by atoms with E-state index in [4.69, 9.17) is 5.73 Å². The van der Waals surface area contributed by atoms with Crippen molar-refractivity contribution in [3.8, 4) is 0 Å². The molecule has 21 heavy (non-hydrogen) atoms. The summed E-state index contributed by atoms with van der Waals surface area (Å²) in [6, 6.07) is 3.64. The monoisotopic (exact) mass is 293 g/mol. The molecule has 4 atom stereocenters. The van der Waals surface area contributed by atoms with Gasteiger partial charge in [-0.15, -0.1) is 0 Å². The van der Waals surface area contributed by atoms with Gasteiger partial charge in [0, 0.05) is 12.6 Å². The summed E-state index contributed by atoms with van der Waals surface area (Å²) in [5, 5.41) is 0. The number of nitrogens with zero attached hydrogens (tertiary/aromatic N) is 2. The fourth-order valence-electron chi connectivity index (χ4n) is 3.53.